The summed E-state index contributed by atoms with van der Waals surface area (Å²) in [6.07, 6.45) is 2.20. The molecule has 5 heteroatoms. The standard InChI is InChI=1S/C8H20N2O2S/c1-4-5-8(2)10-6-7-13(11,12)9-3/h8-10H,4-7H2,1-3H3. The fourth-order valence-electron chi connectivity index (χ4n) is 1.08. The highest BCUT2D eigenvalue weighted by atomic mass is 32.2. The average molecular weight is 208 g/mol. The zero-order valence-corrected chi connectivity index (χ0v) is 9.45. The topological polar surface area (TPSA) is 58.2 Å². The minimum Gasteiger partial charge on any atom is -0.313 e. The molecule has 4 nitrogen and oxygen atoms in total. The van der Waals surface area contributed by atoms with Crippen LogP contribution in [0.5, 0.6) is 0 Å². The zero-order chi connectivity index (χ0) is 10.3. The second-order valence-corrected chi connectivity index (χ2v) is 5.21. The van der Waals surface area contributed by atoms with Crippen LogP contribution in [0.4, 0.5) is 0 Å². The first-order chi connectivity index (χ1) is 6.02. The molecule has 80 valence electrons. The molecular formula is C8H20N2O2S. The predicted octanol–water partition coefficient (Wildman–Crippen LogP) is 0.314. The molecule has 0 aromatic heterocycles. The van der Waals surface area contributed by atoms with Gasteiger partial charge in [0.2, 0.25) is 10.0 Å². The molecule has 0 radical (unpaired) electrons. The van der Waals surface area contributed by atoms with Crippen LogP contribution < -0.4 is 10.0 Å². The summed E-state index contributed by atoms with van der Waals surface area (Å²) in [6, 6.07) is 0.400. The number of nitrogens with one attached hydrogen (secondary N) is 2. The van der Waals surface area contributed by atoms with Gasteiger partial charge in [-0.05, 0) is 20.4 Å². The second kappa shape index (κ2) is 6.34. The van der Waals surface area contributed by atoms with Gasteiger partial charge in [-0.25, -0.2) is 13.1 Å². The lowest BCUT2D eigenvalue weighted by atomic mass is 10.2. The van der Waals surface area contributed by atoms with E-state index in [2.05, 4.69) is 23.9 Å². The first-order valence-corrected chi connectivity index (χ1v) is 6.31. The minimum absolute atomic E-state index is 0.150. The highest BCUT2D eigenvalue weighted by Gasteiger charge is 2.06. The molecule has 0 aliphatic rings. The van der Waals surface area contributed by atoms with E-state index in [-0.39, 0.29) is 5.75 Å². The lowest BCUT2D eigenvalue weighted by Gasteiger charge is -2.11. The third-order valence-electron chi connectivity index (χ3n) is 1.90. The van der Waals surface area contributed by atoms with Gasteiger partial charge in [0.05, 0.1) is 5.75 Å². The molecule has 0 aromatic rings. The molecule has 0 heterocycles. The van der Waals surface area contributed by atoms with Gasteiger partial charge in [-0.2, -0.15) is 0 Å². The number of rotatable bonds is 7. The SMILES string of the molecule is CCCC(C)NCCS(=O)(=O)NC. The molecule has 0 spiro atoms. The van der Waals surface area contributed by atoms with E-state index in [4.69, 9.17) is 0 Å². The summed E-state index contributed by atoms with van der Waals surface area (Å²) in [5.41, 5.74) is 0. The van der Waals surface area contributed by atoms with E-state index in [1.54, 1.807) is 0 Å². The van der Waals surface area contributed by atoms with E-state index in [9.17, 15) is 8.42 Å². The van der Waals surface area contributed by atoms with Gasteiger partial charge in [-0.1, -0.05) is 13.3 Å². The fraction of sp³-hybridized carbons (Fsp3) is 1.00. The Balaban J connectivity index is 3.56. The second-order valence-electron chi connectivity index (χ2n) is 3.17. The van der Waals surface area contributed by atoms with Crippen LogP contribution in [-0.2, 0) is 10.0 Å². The molecule has 0 saturated heterocycles. The third kappa shape index (κ3) is 6.98. The molecule has 0 rings (SSSR count). The number of hydrogen-bond donors (Lipinski definition) is 2. The van der Waals surface area contributed by atoms with Crippen molar-refractivity contribution < 1.29 is 8.42 Å². The Hall–Kier alpha value is -0.130. The van der Waals surface area contributed by atoms with Crippen molar-refractivity contribution in [2.45, 2.75) is 32.7 Å². The van der Waals surface area contributed by atoms with Gasteiger partial charge in [0.25, 0.3) is 0 Å². The number of sulfonamides is 1. The zero-order valence-electron chi connectivity index (χ0n) is 8.63. The Morgan fingerprint density at radius 1 is 1.38 bits per heavy atom. The van der Waals surface area contributed by atoms with Gasteiger partial charge >= 0.3 is 0 Å². The summed E-state index contributed by atoms with van der Waals surface area (Å²) in [7, 11) is -1.61. The van der Waals surface area contributed by atoms with Crippen molar-refractivity contribution in [3.05, 3.63) is 0 Å². The van der Waals surface area contributed by atoms with E-state index >= 15 is 0 Å². The van der Waals surface area contributed by atoms with Gasteiger partial charge in [-0.15, -0.1) is 0 Å². The molecule has 0 bridgehead atoms. The van der Waals surface area contributed by atoms with Crippen LogP contribution >= 0.6 is 0 Å². The summed E-state index contributed by atoms with van der Waals surface area (Å²) in [4.78, 5) is 0. The van der Waals surface area contributed by atoms with Crippen molar-refractivity contribution >= 4 is 10.0 Å². The van der Waals surface area contributed by atoms with Gasteiger partial charge in [0.15, 0.2) is 0 Å². The molecule has 0 aliphatic carbocycles. The minimum atomic E-state index is -3.04. The Morgan fingerprint density at radius 2 is 2.00 bits per heavy atom. The maximum Gasteiger partial charge on any atom is 0.212 e. The summed E-state index contributed by atoms with van der Waals surface area (Å²) in [5.74, 6) is 0.150. The number of hydrogen-bond acceptors (Lipinski definition) is 3. The molecule has 0 saturated carbocycles. The molecule has 0 aliphatic heterocycles. The average Bonchev–Trinajstić information content (AvgIpc) is 2.05. The van der Waals surface area contributed by atoms with Crippen LogP contribution in [0.3, 0.4) is 0 Å². The summed E-state index contributed by atoms with van der Waals surface area (Å²) in [6.45, 7) is 4.70. The van der Waals surface area contributed by atoms with Crippen LogP contribution in [0.15, 0.2) is 0 Å². The van der Waals surface area contributed by atoms with Crippen molar-refractivity contribution in [1.29, 1.82) is 0 Å². The van der Waals surface area contributed by atoms with Gasteiger partial charge in [-0.3, -0.25) is 0 Å². The molecule has 2 N–H and O–H groups in total. The predicted molar refractivity (Wildman–Crippen MR) is 55.2 cm³/mol. The van der Waals surface area contributed by atoms with E-state index < -0.39 is 10.0 Å². The molecule has 1 unspecified atom stereocenters. The van der Waals surface area contributed by atoms with Gasteiger partial charge in [0.1, 0.15) is 0 Å². The van der Waals surface area contributed by atoms with Crippen LogP contribution in [0.1, 0.15) is 26.7 Å². The normalized spacial score (nSPS) is 14.4. The van der Waals surface area contributed by atoms with Crippen LogP contribution in [0.2, 0.25) is 0 Å². The Bertz CT molecular complexity index is 214. The Morgan fingerprint density at radius 3 is 2.46 bits per heavy atom. The van der Waals surface area contributed by atoms with E-state index in [1.807, 2.05) is 0 Å². The monoisotopic (exact) mass is 208 g/mol. The third-order valence-corrected chi connectivity index (χ3v) is 3.26. The summed E-state index contributed by atoms with van der Waals surface area (Å²) < 4.78 is 24.3. The van der Waals surface area contributed by atoms with Crippen molar-refractivity contribution in [2.24, 2.45) is 0 Å². The molecule has 1 atom stereocenters. The van der Waals surface area contributed by atoms with Crippen molar-refractivity contribution in [1.82, 2.24) is 10.0 Å². The molecular weight excluding hydrogens is 188 g/mol. The Kier molecular flexibility index (Phi) is 6.28. The maximum atomic E-state index is 11.0. The van der Waals surface area contributed by atoms with Gasteiger partial charge in [0, 0.05) is 12.6 Å². The highest BCUT2D eigenvalue weighted by molar-refractivity contribution is 7.89. The molecule has 13 heavy (non-hydrogen) atoms. The van der Waals surface area contributed by atoms with Crippen molar-refractivity contribution in [3.8, 4) is 0 Å². The first-order valence-electron chi connectivity index (χ1n) is 4.66. The van der Waals surface area contributed by atoms with Crippen LogP contribution in [0, 0.1) is 0 Å². The first kappa shape index (κ1) is 12.9. The summed E-state index contributed by atoms with van der Waals surface area (Å²) >= 11 is 0. The smallest absolute Gasteiger partial charge is 0.212 e. The van der Waals surface area contributed by atoms with E-state index in [0.717, 1.165) is 12.8 Å². The highest BCUT2D eigenvalue weighted by Crippen LogP contribution is 1.93. The summed E-state index contributed by atoms with van der Waals surface area (Å²) in [5, 5.41) is 3.15. The quantitative estimate of drug-likeness (QED) is 0.633. The van der Waals surface area contributed by atoms with Crippen LogP contribution in [-0.4, -0.2) is 33.8 Å². The van der Waals surface area contributed by atoms with E-state index in [1.165, 1.54) is 7.05 Å². The lowest BCUT2D eigenvalue weighted by molar-refractivity contribution is 0.519. The molecule has 0 aromatic carbocycles. The van der Waals surface area contributed by atoms with Crippen molar-refractivity contribution in [3.63, 3.8) is 0 Å². The van der Waals surface area contributed by atoms with E-state index in [0.29, 0.717) is 12.6 Å². The van der Waals surface area contributed by atoms with Crippen molar-refractivity contribution in [2.75, 3.05) is 19.3 Å². The fourth-order valence-corrected chi connectivity index (χ4v) is 1.67. The largest absolute Gasteiger partial charge is 0.313 e. The molecule has 0 fully saturated rings. The van der Waals surface area contributed by atoms with Crippen LogP contribution in [0.25, 0.3) is 0 Å². The molecule has 0 amide bonds. The Labute approximate surface area is 81.2 Å². The maximum absolute atomic E-state index is 11.0. The van der Waals surface area contributed by atoms with Gasteiger partial charge < -0.3 is 5.32 Å². The lowest BCUT2D eigenvalue weighted by Crippen LogP contribution is -2.34.